The summed E-state index contributed by atoms with van der Waals surface area (Å²) in [4.78, 5) is 30.1. The maximum atomic E-state index is 12.2. The molecule has 1 fully saturated rings. The van der Waals surface area contributed by atoms with E-state index in [0.717, 1.165) is 0 Å². The molecule has 1 N–H and O–H groups in total. The van der Waals surface area contributed by atoms with Crippen LogP contribution in [-0.4, -0.2) is 39.9 Å². The normalized spacial score (nSPS) is 15.8. The number of thiazole rings is 1. The second-order valence-electron chi connectivity index (χ2n) is 5.22. The predicted molar refractivity (Wildman–Crippen MR) is 80.6 cm³/mol. The Labute approximate surface area is 131 Å². The molecule has 7 nitrogen and oxygen atoms in total. The van der Waals surface area contributed by atoms with Gasteiger partial charge in [0, 0.05) is 36.7 Å². The highest BCUT2D eigenvalue weighted by Crippen LogP contribution is 2.21. The molecule has 3 heterocycles. The summed E-state index contributed by atoms with van der Waals surface area (Å²) >= 11 is 1.39. The second kappa shape index (κ2) is 6.27. The van der Waals surface area contributed by atoms with Crippen LogP contribution in [0.5, 0.6) is 0 Å². The monoisotopic (exact) mass is 320 g/mol. The van der Waals surface area contributed by atoms with E-state index in [1.165, 1.54) is 11.3 Å². The lowest BCUT2D eigenvalue weighted by molar-refractivity contribution is -0.121. The number of hydrogen-bond donors (Lipinski definition) is 1. The van der Waals surface area contributed by atoms with Gasteiger partial charge in [-0.1, -0.05) is 5.16 Å². The molecule has 1 aliphatic heterocycles. The van der Waals surface area contributed by atoms with Crippen molar-refractivity contribution < 1.29 is 14.1 Å². The molecule has 116 valence electrons. The van der Waals surface area contributed by atoms with E-state index < -0.39 is 0 Å². The number of nitrogens with zero attached hydrogens (tertiary/aromatic N) is 3. The second-order valence-corrected chi connectivity index (χ2v) is 6.11. The van der Waals surface area contributed by atoms with Crippen molar-refractivity contribution in [3.8, 4) is 0 Å². The van der Waals surface area contributed by atoms with Gasteiger partial charge in [0.05, 0.1) is 0 Å². The molecule has 0 saturated carbocycles. The fraction of sp³-hybridized carbons (Fsp3) is 0.429. The van der Waals surface area contributed by atoms with E-state index in [0.29, 0.717) is 42.5 Å². The van der Waals surface area contributed by atoms with E-state index in [1.807, 2.05) is 5.38 Å². The lowest BCUT2D eigenvalue weighted by Gasteiger charge is -2.30. The van der Waals surface area contributed by atoms with Crippen molar-refractivity contribution in [3.63, 3.8) is 0 Å². The predicted octanol–water partition coefficient (Wildman–Crippen LogP) is 1.93. The number of anilines is 1. The van der Waals surface area contributed by atoms with Crippen LogP contribution in [0.3, 0.4) is 0 Å². The molecule has 0 radical (unpaired) electrons. The Balaban J connectivity index is 1.54. The maximum Gasteiger partial charge on any atom is 0.276 e. The minimum atomic E-state index is -0.143. The van der Waals surface area contributed by atoms with Crippen molar-refractivity contribution in [1.29, 1.82) is 0 Å². The first-order valence-corrected chi connectivity index (χ1v) is 7.94. The summed E-state index contributed by atoms with van der Waals surface area (Å²) < 4.78 is 4.93. The Hall–Kier alpha value is -2.22. The Morgan fingerprint density at radius 2 is 2.18 bits per heavy atom. The summed E-state index contributed by atoms with van der Waals surface area (Å²) in [6, 6.07) is 1.63. The van der Waals surface area contributed by atoms with Crippen LogP contribution < -0.4 is 5.32 Å². The minimum Gasteiger partial charge on any atom is -0.361 e. The molecule has 0 bridgehead atoms. The molecule has 2 amide bonds. The number of likely N-dealkylation sites (tertiary alicyclic amines) is 1. The molecule has 0 spiro atoms. The lowest BCUT2D eigenvalue weighted by atomic mass is 9.96. The Morgan fingerprint density at radius 1 is 1.41 bits per heavy atom. The van der Waals surface area contributed by atoms with Crippen LogP contribution in [0.15, 0.2) is 22.2 Å². The topological polar surface area (TPSA) is 88.3 Å². The number of carbonyl (C=O) groups is 2. The Bertz CT molecular complexity index is 659. The van der Waals surface area contributed by atoms with E-state index in [2.05, 4.69) is 15.5 Å². The average Bonchev–Trinajstić information content (AvgIpc) is 3.18. The molecule has 3 rings (SSSR count). The van der Waals surface area contributed by atoms with Gasteiger partial charge in [0.1, 0.15) is 5.76 Å². The standard InChI is InChI=1S/C14H16N4O3S/c1-9-8-11(17-21-9)13(20)18-5-2-10(3-6-18)12(19)16-14-15-4-7-22-14/h4,7-8,10H,2-3,5-6H2,1H3,(H,15,16,19). The van der Waals surface area contributed by atoms with Gasteiger partial charge in [0.15, 0.2) is 10.8 Å². The van der Waals surface area contributed by atoms with Crippen LogP contribution in [0.1, 0.15) is 29.1 Å². The van der Waals surface area contributed by atoms with E-state index >= 15 is 0 Å². The molecular weight excluding hydrogens is 304 g/mol. The summed E-state index contributed by atoms with van der Waals surface area (Å²) in [5.41, 5.74) is 0.322. The summed E-state index contributed by atoms with van der Waals surface area (Å²) in [6.07, 6.45) is 2.93. The fourth-order valence-corrected chi connectivity index (χ4v) is 3.00. The van der Waals surface area contributed by atoms with Gasteiger partial charge < -0.3 is 14.7 Å². The molecule has 0 atom stereocenters. The molecule has 8 heteroatoms. The summed E-state index contributed by atoms with van der Waals surface area (Å²) in [5, 5.41) is 8.98. The van der Waals surface area contributed by atoms with Gasteiger partial charge in [0.25, 0.3) is 5.91 Å². The number of nitrogens with one attached hydrogen (secondary N) is 1. The highest BCUT2D eigenvalue weighted by Gasteiger charge is 2.29. The van der Waals surface area contributed by atoms with E-state index in [9.17, 15) is 9.59 Å². The van der Waals surface area contributed by atoms with Gasteiger partial charge in [-0.05, 0) is 19.8 Å². The van der Waals surface area contributed by atoms with E-state index in [4.69, 9.17) is 4.52 Å². The number of aryl methyl sites for hydroxylation is 1. The summed E-state index contributed by atoms with van der Waals surface area (Å²) in [6.45, 7) is 2.83. The highest BCUT2D eigenvalue weighted by atomic mass is 32.1. The van der Waals surface area contributed by atoms with Gasteiger partial charge in [-0.25, -0.2) is 4.98 Å². The first kappa shape index (κ1) is 14.7. The van der Waals surface area contributed by atoms with Crippen molar-refractivity contribution >= 4 is 28.3 Å². The van der Waals surface area contributed by atoms with Crippen LogP contribution in [0.4, 0.5) is 5.13 Å². The van der Waals surface area contributed by atoms with Crippen LogP contribution >= 0.6 is 11.3 Å². The van der Waals surface area contributed by atoms with Crippen LogP contribution in [0.25, 0.3) is 0 Å². The summed E-state index contributed by atoms with van der Waals surface area (Å²) in [7, 11) is 0. The van der Waals surface area contributed by atoms with Crippen LogP contribution in [0.2, 0.25) is 0 Å². The van der Waals surface area contributed by atoms with Gasteiger partial charge in [0.2, 0.25) is 5.91 Å². The molecule has 22 heavy (non-hydrogen) atoms. The van der Waals surface area contributed by atoms with Crippen LogP contribution in [0, 0.1) is 12.8 Å². The minimum absolute atomic E-state index is 0.0284. The molecule has 1 saturated heterocycles. The first-order valence-electron chi connectivity index (χ1n) is 7.06. The van der Waals surface area contributed by atoms with Crippen molar-refractivity contribution in [2.45, 2.75) is 19.8 Å². The zero-order valence-electron chi connectivity index (χ0n) is 12.1. The number of hydrogen-bond acceptors (Lipinski definition) is 6. The molecule has 2 aromatic rings. The van der Waals surface area contributed by atoms with Gasteiger partial charge >= 0.3 is 0 Å². The van der Waals surface area contributed by atoms with Crippen molar-refractivity contribution in [3.05, 3.63) is 29.1 Å². The van der Waals surface area contributed by atoms with Crippen molar-refractivity contribution in [1.82, 2.24) is 15.0 Å². The third-order valence-electron chi connectivity index (χ3n) is 3.66. The number of carbonyl (C=O) groups excluding carboxylic acids is 2. The molecular formula is C14H16N4O3S. The van der Waals surface area contributed by atoms with Crippen LogP contribution in [-0.2, 0) is 4.79 Å². The smallest absolute Gasteiger partial charge is 0.276 e. The number of aromatic nitrogens is 2. The lowest BCUT2D eigenvalue weighted by Crippen LogP contribution is -2.41. The first-order chi connectivity index (χ1) is 10.6. The van der Waals surface area contributed by atoms with Crippen molar-refractivity contribution in [2.75, 3.05) is 18.4 Å². The maximum absolute atomic E-state index is 12.2. The SMILES string of the molecule is Cc1cc(C(=O)N2CCC(C(=O)Nc3nccs3)CC2)no1. The molecule has 0 aromatic carbocycles. The van der Waals surface area contributed by atoms with Crippen molar-refractivity contribution in [2.24, 2.45) is 5.92 Å². The average molecular weight is 320 g/mol. The largest absolute Gasteiger partial charge is 0.361 e. The number of piperidine rings is 1. The summed E-state index contributed by atoms with van der Waals surface area (Å²) in [5.74, 6) is 0.350. The highest BCUT2D eigenvalue weighted by molar-refractivity contribution is 7.13. The Morgan fingerprint density at radius 3 is 2.77 bits per heavy atom. The zero-order valence-corrected chi connectivity index (χ0v) is 12.9. The molecule has 2 aromatic heterocycles. The Kier molecular flexibility index (Phi) is 4.19. The fourth-order valence-electron chi connectivity index (χ4n) is 2.47. The van der Waals surface area contributed by atoms with Gasteiger partial charge in [-0.15, -0.1) is 11.3 Å². The third-order valence-corrected chi connectivity index (χ3v) is 4.35. The van der Waals surface area contributed by atoms with E-state index in [1.54, 1.807) is 24.1 Å². The van der Waals surface area contributed by atoms with E-state index in [-0.39, 0.29) is 17.7 Å². The molecule has 0 aliphatic carbocycles. The number of amides is 2. The van der Waals surface area contributed by atoms with Gasteiger partial charge in [-0.3, -0.25) is 9.59 Å². The van der Waals surface area contributed by atoms with Gasteiger partial charge in [-0.2, -0.15) is 0 Å². The number of rotatable bonds is 3. The zero-order chi connectivity index (χ0) is 15.5. The quantitative estimate of drug-likeness (QED) is 0.933. The third kappa shape index (κ3) is 3.16. The molecule has 0 unspecified atom stereocenters. The molecule has 1 aliphatic rings.